The van der Waals surface area contributed by atoms with E-state index in [0.29, 0.717) is 17.2 Å². The van der Waals surface area contributed by atoms with Gasteiger partial charge in [-0.15, -0.1) is 11.3 Å². The van der Waals surface area contributed by atoms with Crippen LogP contribution in [0.2, 0.25) is 0 Å². The molecular formula is C21H27N4O3S+. The van der Waals surface area contributed by atoms with Gasteiger partial charge in [0.05, 0.1) is 38.4 Å². The number of thiophene rings is 1. The fraction of sp³-hybridized carbons (Fsp3) is 0.476. The molecule has 4 rings (SSSR count). The van der Waals surface area contributed by atoms with E-state index in [4.69, 9.17) is 9.15 Å². The quantitative estimate of drug-likeness (QED) is 0.603. The standard InChI is InChI=1S/C21H26N4O3S/c1-13-17-19(23-14(2)24-20(17)29-18(13)21(26)27-3)22-12-15(16-8-7-11-28-16)25-9-5-4-6-10-25/h7-8,11,15H,4-6,9-10,12H2,1-3H3,(H,22,23,24)/p+1/t15-/m0/s1. The monoisotopic (exact) mass is 415 g/mol. The lowest BCUT2D eigenvalue weighted by atomic mass is 10.1. The Bertz CT molecular complexity index is 993. The highest BCUT2D eigenvalue weighted by atomic mass is 32.1. The van der Waals surface area contributed by atoms with E-state index in [1.807, 2.05) is 19.9 Å². The Morgan fingerprint density at radius 2 is 2.10 bits per heavy atom. The maximum Gasteiger partial charge on any atom is 0.348 e. The number of nitrogens with zero attached hydrogens (tertiary/aromatic N) is 2. The number of aryl methyl sites for hydroxylation is 2. The second-order valence-electron chi connectivity index (χ2n) is 7.52. The van der Waals surface area contributed by atoms with Crippen molar-refractivity contribution < 1.29 is 18.8 Å². The zero-order chi connectivity index (χ0) is 20.4. The van der Waals surface area contributed by atoms with Gasteiger partial charge in [0.25, 0.3) is 0 Å². The number of aromatic nitrogens is 2. The number of methoxy groups -OCH3 is 1. The predicted octanol–water partition coefficient (Wildman–Crippen LogP) is 2.91. The van der Waals surface area contributed by atoms with Crippen LogP contribution in [0.5, 0.6) is 0 Å². The summed E-state index contributed by atoms with van der Waals surface area (Å²) in [4.78, 5) is 24.2. The molecule has 0 bridgehead atoms. The topological polar surface area (TPSA) is 81.7 Å². The molecule has 0 aliphatic carbocycles. The molecule has 154 valence electrons. The smallest absolute Gasteiger partial charge is 0.348 e. The zero-order valence-electron chi connectivity index (χ0n) is 17.1. The molecule has 0 amide bonds. The maximum atomic E-state index is 12.1. The average Bonchev–Trinajstić information content (AvgIpc) is 3.37. The van der Waals surface area contributed by atoms with Crippen LogP contribution in [0.15, 0.2) is 22.8 Å². The largest absolute Gasteiger partial charge is 0.465 e. The van der Waals surface area contributed by atoms with Crippen LogP contribution >= 0.6 is 11.3 Å². The summed E-state index contributed by atoms with van der Waals surface area (Å²) in [6.07, 6.45) is 5.54. The fourth-order valence-corrected chi connectivity index (χ4v) is 5.29. The number of hydrogen-bond acceptors (Lipinski definition) is 7. The third kappa shape index (κ3) is 4.00. The van der Waals surface area contributed by atoms with Gasteiger partial charge in [-0.05, 0) is 50.8 Å². The van der Waals surface area contributed by atoms with E-state index in [1.165, 1.54) is 42.6 Å². The van der Waals surface area contributed by atoms with Crippen molar-refractivity contribution in [1.82, 2.24) is 9.97 Å². The van der Waals surface area contributed by atoms with Crippen LogP contribution in [0.1, 0.15) is 52.1 Å². The molecule has 1 aliphatic rings. The molecule has 8 heteroatoms. The van der Waals surface area contributed by atoms with Gasteiger partial charge < -0.3 is 19.4 Å². The van der Waals surface area contributed by atoms with E-state index in [0.717, 1.165) is 40.4 Å². The summed E-state index contributed by atoms with van der Waals surface area (Å²) in [5, 5.41) is 4.44. The number of esters is 1. The van der Waals surface area contributed by atoms with E-state index >= 15 is 0 Å². The number of ether oxygens (including phenoxy) is 1. The molecule has 0 spiro atoms. The molecule has 1 atom stereocenters. The van der Waals surface area contributed by atoms with Crippen LogP contribution in [0.3, 0.4) is 0 Å². The van der Waals surface area contributed by atoms with Crippen LogP contribution in [0.4, 0.5) is 5.82 Å². The fourth-order valence-electron chi connectivity index (χ4n) is 4.15. The van der Waals surface area contributed by atoms with Gasteiger partial charge in [0.15, 0.2) is 11.8 Å². The number of nitrogens with one attached hydrogen (secondary N) is 2. The number of likely N-dealkylation sites (tertiary alicyclic amines) is 1. The van der Waals surface area contributed by atoms with Crippen molar-refractivity contribution in [2.75, 3.05) is 32.1 Å². The summed E-state index contributed by atoms with van der Waals surface area (Å²) < 4.78 is 10.7. The summed E-state index contributed by atoms with van der Waals surface area (Å²) in [7, 11) is 1.40. The molecule has 29 heavy (non-hydrogen) atoms. The van der Waals surface area contributed by atoms with Gasteiger partial charge in [-0.1, -0.05) is 0 Å². The van der Waals surface area contributed by atoms with Gasteiger partial charge in [0.2, 0.25) is 0 Å². The van der Waals surface area contributed by atoms with E-state index in [9.17, 15) is 4.79 Å². The number of furan rings is 1. The lowest BCUT2D eigenvalue weighted by molar-refractivity contribution is -0.935. The summed E-state index contributed by atoms with van der Waals surface area (Å²) in [6, 6.07) is 4.22. The first-order valence-corrected chi connectivity index (χ1v) is 10.9. The summed E-state index contributed by atoms with van der Waals surface area (Å²) in [6.45, 7) is 6.80. The van der Waals surface area contributed by atoms with E-state index in [-0.39, 0.29) is 12.0 Å². The average molecular weight is 416 g/mol. The maximum absolute atomic E-state index is 12.1. The lowest BCUT2D eigenvalue weighted by Crippen LogP contribution is -3.13. The Hall–Kier alpha value is -2.45. The number of carbonyl (C=O) groups excluding carboxylic acids is 1. The van der Waals surface area contributed by atoms with E-state index in [1.54, 1.807) is 6.26 Å². The number of carbonyl (C=O) groups is 1. The first-order chi connectivity index (χ1) is 14.1. The summed E-state index contributed by atoms with van der Waals surface area (Å²) >= 11 is 1.36. The van der Waals surface area contributed by atoms with E-state index in [2.05, 4.69) is 21.4 Å². The first kappa shape index (κ1) is 19.8. The number of fused-ring (bicyclic) bond motifs is 1. The van der Waals surface area contributed by atoms with Gasteiger partial charge >= 0.3 is 5.97 Å². The van der Waals surface area contributed by atoms with Crippen molar-refractivity contribution in [2.24, 2.45) is 0 Å². The lowest BCUT2D eigenvalue weighted by Gasteiger charge is -2.30. The highest BCUT2D eigenvalue weighted by Gasteiger charge is 2.29. The number of piperidine rings is 1. The molecule has 0 aromatic carbocycles. The molecule has 1 fully saturated rings. The van der Waals surface area contributed by atoms with Crippen molar-refractivity contribution in [3.05, 3.63) is 40.4 Å². The molecule has 3 aromatic heterocycles. The van der Waals surface area contributed by atoms with Crippen LogP contribution in [0, 0.1) is 13.8 Å². The molecule has 2 N–H and O–H groups in total. The van der Waals surface area contributed by atoms with Gasteiger partial charge in [-0.3, -0.25) is 0 Å². The molecule has 4 heterocycles. The minimum absolute atomic E-state index is 0.217. The molecule has 7 nitrogen and oxygen atoms in total. The van der Waals surface area contributed by atoms with Gasteiger partial charge in [-0.2, -0.15) is 0 Å². The van der Waals surface area contributed by atoms with Crippen molar-refractivity contribution in [3.8, 4) is 0 Å². The molecule has 0 saturated carbocycles. The van der Waals surface area contributed by atoms with Crippen molar-refractivity contribution in [2.45, 2.75) is 39.2 Å². The van der Waals surface area contributed by atoms with Crippen LogP contribution in [0.25, 0.3) is 10.2 Å². The second kappa shape index (κ2) is 8.51. The summed E-state index contributed by atoms with van der Waals surface area (Å²) in [5.41, 5.74) is 0.860. The number of rotatable bonds is 6. The predicted molar refractivity (Wildman–Crippen MR) is 113 cm³/mol. The number of hydrogen-bond donors (Lipinski definition) is 2. The molecule has 1 aliphatic heterocycles. The van der Waals surface area contributed by atoms with Gasteiger partial charge in [0.1, 0.15) is 21.3 Å². The second-order valence-corrected chi connectivity index (χ2v) is 8.51. The Kier molecular flexibility index (Phi) is 5.82. The third-order valence-corrected chi connectivity index (χ3v) is 6.79. The Morgan fingerprint density at radius 3 is 2.79 bits per heavy atom. The number of anilines is 1. The van der Waals surface area contributed by atoms with Crippen molar-refractivity contribution in [1.29, 1.82) is 0 Å². The number of quaternary nitrogens is 1. The summed E-state index contributed by atoms with van der Waals surface area (Å²) in [5.74, 6) is 2.11. The molecule has 1 saturated heterocycles. The highest BCUT2D eigenvalue weighted by Crippen LogP contribution is 2.34. The third-order valence-electron chi connectivity index (χ3n) is 5.62. The van der Waals surface area contributed by atoms with Crippen LogP contribution < -0.4 is 10.2 Å². The Morgan fingerprint density at radius 1 is 1.31 bits per heavy atom. The molecule has 3 aromatic rings. The minimum atomic E-state index is -0.333. The molecule has 0 unspecified atom stereocenters. The van der Waals surface area contributed by atoms with Gasteiger partial charge in [0, 0.05) is 0 Å². The van der Waals surface area contributed by atoms with Crippen molar-refractivity contribution in [3.63, 3.8) is 0 Å². The van der Waals surface area contributed by atoms with Crippen LogP contribution in [-0.4, -0.2) is 42.7 Å². The Balaban J connectivity index is 1.65. The van der Waals surface area contributed by atoms with Gasteiger partial charge in [-0.25, -0.2) is 14.8 Å². The highest BCUT2D eigenvalue weighted by molar-refractivity contribution is 7.20. The van der Waals surface area contributed by atoms with E-state index < -0.39 is 0 Å². The Labute approximate surface area is 174 Å². The molecule has 0 radical (unpaired) electrons. The van der Waals surface area contributed by atoms with Crippen molar-refractivity contribution >= 4 is 33.3 Å². The SMILES string of the molecule is COC(=O)c1sc2nc(C)nc(NC[C@@H](c3ccco3)[NH+]3CCCCC3)c2c1C. The van der Waals surface area contributed by atoms with Crippen LogP contribution in [-0.2, 0) is 4.74 Å². The minimum Gasteiger partial charge on any atom is -0.465 e. The first-order valence-electron chi connectivity index (χ1n) is 10.1. The zero-order valence-corrected chi connectivity index (χ0v) is 17.9. The normalized spacial score (nSPS) is 16.1. The molecular weight excluding hydrogens is 388 g/mol.